The second-order valence-electron chi connectivity index (χ2n) is 4.60. The Balaban J connectivity index is 2.23. The van der Waals surface area contributed by atoms with Crippen LogP contribution in [0.15, 0.2) is 35.6 Å². The number of amides is 1. The third-order valence-corrected chi connectivity index (χ3v) is 3.23. The summed E-state index contributed by atoms with van der Waals surface area (Å²) in [7, 11) is 1.22. The molecule has 0 fully saturated rings. The van der Waals surface area contributed by atoms with Gasteiger partial charge in [0.2, 0.25) is 5.84 Å². The van der Waals surface area contributed by atoms with Crippen LogP contribution < -0.4 is 11.1 Å². The molecular weight excluding hydrogens is 288 g/mol. The first-order valence-electron chi connectivity index (χ1n) is 6.48. The highest BCUT2D eigenvalue weighted by Crippen LogP contribution is 2.19. The fourth-order valence-electron chi connectivity index (χ4n) is 2.13. The third kappa shape index (κ3) is 3.17. The van der Waals surface area contributed by atoms with E-state index >= 15 is 0 Å². The van der Waals surface area contributed by atoms with E-state index in [9.17, 15) is 9.59 Å². The summed E-state index contributed by atoms with van der Waals surface area (Å²) in [4.78, 5) is 26.6. The molecule has 1 aromatic carbocycles. The van der Waals surface area contributed by atoms with Gasteiger partial charge in [0.25, 0.3) is 5.91 Å². The molecule has 1 aromatic heterocycles. The molecule has 1 amide bonds. The summed E-state index contributed by atoms with van der Waals surface area (Å²) >= 11 is 0. The van der Waals surface area contributed by atoms with Crippen molar-refractivity contribution in [3.05, 3.63) is 36.0 Å². The monoisotopic (exact) mass is 304 g/mol. The molecule has 22 heavy (non-hydrogen) atoms. The van der Waals surface area contributed by atoms with Gasteiger partial charge in [-0.2, -0.15) is 0 Å². The van der Waals surface area contributed by atoms with E-state index < -0.39 is 23.8 Å². The third-order valence-electron chi connectivity index (χ3n) is 3.23. The Hall–Kier alpha value is -3.03. The van der Waals surface area contributed by atoms with E-state index in [2.05, 4.69) is 20.2 Å². The van der Waals surface area contributed by atoms with Crippen molar-refractivity contribution in [2.75, 3.05) is 7.11 Å². The van der Waals surface area contributed by atoms with Crippen molar-refractivity contribution in [3.8, 4) is 0 Å². The fraction of sp³-hybridized carbons (Fsp3) is 0.214. The maximum absolute atomic E-state index is 11.8. The average molecular weight is 304 g/mol. The number of carbonyl (C=O) groups excluding carboxylic acids is 2. The van der Waals surface area contributed by atoms with Gasteiger partial charge in [-0.3, -0.25) is 4.79 Å². The topological polar surface area (TPSA) is 130 Å². The van der Waals surface area contributed by atoms with E-state index in [0.717, 1.165) is 16.5 Å². The molecule has 1 heterocycles. The van der Waals surface area contributed by atoms with E-state index in [0.29, 0.717) is 0 Å². The molecule has 0 spiro atoms. The van der Waals surface area contributed by atoms with Crippen LogP contribution in [0.2, 0.25) is 0 Å². The molecule has 0 saturated heterocycles. The van der Waals surface area contributed by atoms with Gasteiger partial charge in [0, 0.05) is 23.5 Å². The van der Waals surface area contributed by atoms with Crippen LogP contribution >= 0.6 is 0 Å². The van der Waals surface area contributed by atoms with Gasteiger partial charge >= 0.3 is 5.97 Å². The number of benzene rings is 1. The smallest absolute Gasteiger partial charge is 0.328 e. The molecule has 8 heteroatoms. The Labute approximate surface area is 125 Å². The normalized spacial score (nSPS) is 12.9. The second-order valence-corrected chi connectivity index (χ2v) is 4.60. The Bertz CT molecular complexity index is 722. The maximum atomic E-state index is 11.8. The van der Waals surface area contributed by atoms with Gasteiger partial charge in [-0.15, -0.1) is 0 Å². The van der Waals surface area contributed by atoms with Crippen molar-refractivity contribution in [2.45, 2.75) is 12.5 Å². The Morgan fingerprint density at radius 2 is 2.18 bits per heavy atom. The van der Waals surface area contributed by atoms with Crippen LogP contribution in [0.3, 0.4) is 0 Å². The lowest BCUT2D eigenvalue weighted by atomic mass is 10.0. The summed E-state index contributed by atoms with van der Waals surface area (Å²) in [5.41, 5.74) is 6.96. The van der Waals surface area contributed by atoms with Crippen LogP contribution in [0.1, 0.15) is 5.56 Å². The maximum Gasteiger partial charge on any atom is 0.328 e. The molecule has 116 valence electrons. The number of H-pyrrole nitrogens is 1. The van der Waals surface area contributed by atoms with Crippen molar-refractivity contribution in [3.63, 3.8) is 0 Å². The lowest BCUT2D eigenvalue weighted by Gasteiger charge is -2.15. The van der Waals surface area contributed by atoms with Gasteiger partial charge in [0.15, 0.2) is 0 Å². The number of fused-ring (bicyclic) bond motifs is 1. The van der Waals surface area contributed by atoms with Crippen LogP contribution in [-0.2, 0) is 20.7 Å². The molecule has 1 atom stereocenters. The molecule has 0 unspecified atom stereocenters. The lowest BCUT2D eigenvalue weighted by molar-refractivity contribution is -0.144. The molecule has 8 nitrogen and oxygen atoms in total. The molecule has 0 saturated carbocycles. The summed E-state index contributed by atoms with van der Waals surface area (Å²) < 4.78 is 4.68. The van der Waals surface area contributed by atoms with Crippen molar-refractivity contribution < 1.29 is 19.5 Å². The molecule has 0 radical (unpaired) electrons. The highest BCUT2D eigenvalue weighted by atomic mass is 16.5. The van der Waals surface area contributed by atoms with E-state index in [-0.39, 0.29) is 6.42 Å². The summed E-state index contributed by atoms with van der Waals surface area (Å²) in [6.45, 7) is 0. The number of esters is 1. The summed E-state index contributed by atoms with van der Waals surface area (Å²) in [5, 5.41) is 14.4. The standard InChI is InChI=1S/C14H16N4O4/c1-22-14(20)11(17-13(19)12(15)18-21)6-8-7-16-10-5-3-2-4-9(8)10/h2-5,7,11,16,21H,6H2,1H3,(H2,15,18)(H,17,19)/t11-/m0/s1. The second kappa shape index (κ2) is 6.61. The molecule has 0 bridgehead atoms. The first-order chi connectivity index (χ1) is 10.6. The van der Waals surface area contributed by atoms with Crippen molar-refractivity contribution in [1.29, 1.82) is 0 Å². The van der Waals surface area contributed by atoms with E-state index in [1.165, 1.54) is 7.11 Å². The van der Waals surface area contributed by atoms with E-state index in [1.807, 2.05) is 24.3 Å². The molecule has 5 N–H and O–H groups in total. The summed E-state index contributed by atoms with van der Waals surface area (Å²) in [6.07, 6.45) is 1.97. The van der Waals surface area contributed by atoms with Crippen LogP contribution in [0.4, 0.5) is 0 Å². The van der Waals surface area contributed by atoms with Crippen LogP contribution in [0, 0.1) is 0 Å². The number of ether oxygens (including phenoxy) is 1. The Morgan fingerprint density at radius 1 is 1.45 bits per heavy atom. The quantitative estimate of drug-likeness (QED) is 0.209. The zero-order valence-corrected chi connectivity index (χ0v) is 11.9. The highest BCUT2D eigenvalue weighted by molar-refractivity contribution is 6.37. The van der Waals surface area contributed by atoms with E-state index in [4.69, 9.17) is 10.9 Å². The van der Waals surface area contributed by atoms with Crippen LogP contribution in [0.25, 0.3) is 10.9 Å². The predicted molar refractivity (Wildman–Crippen MR) is 79.4 cm³/mol. The van der Waals surface area contributed by atoms with Crippen molar-refractivity contribution in [2.24, 2.45) is 10.9 Å². The largest absolute Gasteiger partial charge is 0.467 e. The number of para-hydroxylation sites is 1. The number of aromatic nitrogens is 1. The van der Waals surface area contributed by atoms with Gasteiger partial charge < -0.3 is 26.0 Å². The average Bonchev–Trinajstić information content (AvgIpc) is 2.95. The number of hydrogen-bond acceptors (Lipinski definition) is 5. The number of nitrogens with one attached hydrogen (secondary N) is 2. The highest BCUT2D eigenvalue weighted by Gasteiger charge is 2.24. The van der Waals surface area contributed by atoms with E-state index in [1.54, 1.807) is 6.20 Å². The Morgan fingerprint density at radius 3 is 2.86 bits per heavy atom. The number of carbonyl (C=O) groups is 2. The molecule has 0 aliphatic rings. The number of amidine groups is 1. The van der Waals surface area contributed by atoms with Crippen molar-refractivity contribution >= 4 is 28.6 Å². The molecule has 0 aliphatic heterocycles. The number of methoxy groups -OCH3 is 1. The number of nitrogens with zero attached hydrogens (tertiary/aromatic N) is 1. The first-order valence-corrected chi connectivity index (χ1v) is 6.48. The Kier molecular flexibility index (Phi) is 4.62. The predicted octanol–water partition coefficient (Wildman–Crippen LogP) is 0.115. The van der Waals surface area contributed by atoms with Gasteiger partial charge in [-0.25, -0.2) is 4.79 Å². The molecule has 2 rings (SSSR count). The number of oxime groups is 1. The molecule has 0 aliphatic carbocycles. The fourth-order valence-corrected chi connectivity index (χ4v) is 2.13. The zero-order chi connectivity index (χ0) is 16.1. The minimum atomic E-state index is -0.947. The van der Waals surface area contributed by atoms with Crippen LogP contribution in [0.5, 0.6) is 0 Å². The number of hydrogen-bond donors (Lipinski definition) is 4. The van der Waals surface area contributed by atoms with Gasteiger partial charge in [0.05, 0.1) is 7.11 Å². The van der Waals surface area contributed by atoms with Gasteiger partial charge in [-0.1, -0.05) is 23.4 Å². The van der Waals surface area contributed by atoms with Crippen LogP contribution in [-0.4, -0.2) is 41.1 Å². The first kappa shape index (κ1) is 15.4. The van der Waals surface area contributed by atoms with Gasteiger partial charge in [0.1, 0.15) is 6.04 Å². The minimum Gasteiger partial charge on any atom is -0.467 e. The zero-order valence-electron chi connectivity index (χ0n) is 11.9. The minimum absolute atomic E-state index is 0.209. The molecular formula is C14H16N4O4. The summed E-state index contributed by atoms with van der Waals surface area (Å²) in [6, 6.07) is 6.63. The van der Waals surface area contributed by atoms with Gasteiger partial charge in [-0.05, 0) is 11.6 Å². The number of nitrogens with two attached hydrogens (primary N) is 1. The SMILES string of the molecule is COC(=O)[C@H](Cc1c[nH]c2ccccc12)NC(=O)/C(N)=N/O. The molecule has 2 aromatic rings. The number of rotatable bonds is 4. The van der Waals surface area contributed by atoms with Crippen molar-refractivity contribution in [1.82, 2.24) is 10.3 Å². The summed E-state index contributed by atoms with van der Waals surface area (Å²) in [5.74, 6) is -2.10. The lowest BCUT2D eigenvalue weighted by Crippen LogP contribution is -2.47. The number of aromatic amines is 1.